The lowest BCUT2D eigenvalue weighted by atomic mass is 9.95. The second-order valence-electron chi connectivity index (χ2n) is 11.7. The van der Waals surface area contributed by atoms with Crippen molar-refractivity contribution in [3.05, 3.63) is 23.0 Å². The summed E-state index contributed by atoms with van der Waals surface area (Å²) in [4.78, 5) is 93.1. The molecule has 23 nitrogen and oxygen atoms in total. The van der Waals surface area contributed by atoms with Crippen molar-refractivity contribution in [3.63, 3.8) is 0 Å². The first-order chi connectivity index (χ1) is 22.9. The highest BCUT2D eigenvalue weighted by Gasteiger charge is 2.44. The van der Waals surface area contributed by atoms with Crippen LogP contribution in [0.3, 0.4) is 0 Å². The van der Waals surface area contributed by atoms with Crippen molar-refractivity contribution in [2.75, 3.05) is 42.7 Å². The third kappa shape index (κ3) is 7.66. The van der Waals surface area contributed by atoms with Gasteiger partial charge in [-0.25, -0.2) is 19.9 Å². The molecule has 5 heterocycles. The summed E-state index contributed by atoms with van der Waals surface area (Å²) >= 11 is 0. The van der Waals surface area contributed by atoms with E-state index in [9.17, 15) is 43.7 Å². The van der Waals surface area contributed by atoms with Crippen LogP contribution in [0, 0.1) is 0 Å². The van der Waals surface area contributed by atoms with Crippen LogP contribution < -0.4 is 33.0 Å². The number of carbonyl (C=O) groups excluding carboxylic acids is 3. The van der Waals surface area contributed by atoms with E-state index in [-0.39, 0.29) is 53.2 Å². The predicted octanol–water partition coefficient (Wildman–Crippen LogP) is -3.74. The fourth-order valence-electron chi connectivity index (χ4n) is 5.21. The zero-order valence-corrected chi connectivity index (χ0v) is 26.9. The normalized spacial score (nSPS) is 21.4. The number of aliphatic imine (C=N–C) groups is 1. The highest BCUT2D eigenvalue weighted by atomic mass is 31.2. The second kappa shape index (κ2) is 13.4. The molecule has 2 unspecified atom stereocenters. The van der Waals surface area contributed by atoms with Crippen LogP contribution in [0.4, 0.5) is 23.3 Å². The summed E-state index contributed by atoms with van der Waals surface area (Å²) in [6, 6.07) is 0. The molecule has 12 N–H and O–H groups in total. The number of imidazole rings is 1. The molecule has 3 amide bonds. The first kappa shape index (κ1) is 35.3. The second-order valence-corrected chi connectivity index (χ2v) is 13.3. The molecule has 264 valence electrons. The van der Waals surface area contributed by atoms with Crippen molar-refractivity contribution < 1.29 is 43.7 Å². The van der Waals surface area contributed by atoms with Gasteiger partial charge in [0.15, 0.2) is 29.2 Å². The van der Waals surface area contributed by atoms with Gasteiger partial charge < -0.3 is 57.1 Å². The highest BCUT2D eigenvalue weighted by molar-refractivity contribution is 7.51. The van der Waals surface area contributed by atoms with Gasteiger partial charge in [0.05, 0.1) is 11.9 Å². The van der Waals surface area contributed by atoms with Crippen LogP contribution in [0.15, 0.2) is 22.4 Å². The van der Waals surface area contributed by atoms with Crippen molar-refractivity contribution in [2.45, 2.75) is 50.3 Å². The number of carbonyl (C=O) groups is 3. The Bertz CT molecular complexity index is 1920. The SMILES string of the molecule is CC1(C)Nc2nc(N)[nH]c(=O)c2N=C1C(=O)NCCC(=O)N(CC(=O)NC[C@H]1O[C@@H](n2cnc3c(N)ncnc32)C(O)C1O)CP(=O)(O)O. The molecule has 0 bridgehead atoms. The highest BCUT2D eigenvalue weighted by Crippen LogP contribution is 2.35. The number of aromatic nitrogens is 6. The van der Waals surface area contributed by atoms with Crippen LogP contribution in [-0.2, 0) is 23.7 Å². The predicted molar refractivity (Wildman–Crippen MR) is 169 cm³/mol. The lowest BCUT2D eigenvalue weighted by Crippen LogP contribution is -2.51. The monoisotopic (exact) mass is 707 g/mol. The van der Waals surface area contributed by atoms with Crippen molar-refractivity contribution >= 4 is 65.5 Å². The lowest BCUT2D eigenvalue weighted by molar-refractivity contribution is -0.135. The zero-order valence-electron chi connectivity index (χ0n) is 26.0. The van der Waals surface area contributed by atoms with Crippen LogP contribution >= 0.6 is 7.60 Å². The van der Waals surface area contributed by atoms with Crippen molar-refractivity contribution in [2.24, 2.45) is 4.99 Å². The number of rotatable bonds is 11. The molecule has 0 aliphatic carbocycles. The van der Waals surface area contributed by atoms with Gasteiger partial charge in [-0.2, -0.15) is 4.98 Å². The Balaban J connectivity index is 1.17. The first-order valence-electron chi connectivity index (χ1n) is 14.5. The number of nitrogens with one attached hydrogen (secondary N) is 4. The number of amides is 3. The minimum Gasteiger partial charge on any atom is -0.387 e. The van der Waals surface area contributed by atoms with Crippen molar-refractivity contribution in [3.8, 4) is 0 Å². The summed E-state index contributed by atoms with van der Waals surface area (Å²) < 4.78 is 18.9. The topological polar surface area (TPSA) is 352 Å². The molecule has 0 saturated carbocycles. The third-order valence-electron chi connectivity index (χ3n) is 7.54. The molecule has 0 aromatic carbocycles. The molecule has 3 aromatic heterocycles. The molecular formula is C25H34N13O10P. The summed E-state index contributed by atoms with van der Waals surface area (Å²) in [7, 11) is -4.84. The number of hydrogen-bond acceptors (Lipinski definition) is 16. The van der Waals surface area contributed by atoms with Gasteiger partial charge in [-0.05, 0) is 13.8 Å². The van der Waals surface area contributed by atoms with Gasteiger partial charge in [-0.15, -0.1) is 0 Å². The van der Waals surface area contributed by atoms with E-state index in [0.717, 1.165) is 0 Å². The lowest BCUT2D eigenvalue weighted by Gasteiger charge is -2.31. The van der Waals surface area contributed by atoms with Crippen LogP contribution in [0.2, 0.25) is 0 Å². The van der Waals surface area contributed by atoms with Gasteiger partial charge in [-0.3, -0.25) is 33.3 Å². The third-order valence-corrected chi connectivity index (χ3v) is 8.25. The van der Waals surface area contributed by atoms with Gasteiger partial charge in [0, 0.05) is 19.5 Å². The Labute approximate surface area is 275 Å². The number of anilines is 3. The Kier molecular flexibility index (Phi) is 9.68. The zero-order chi connectivity index (χ0) is 35.8. The van der Waals surface area contributed by atoms with Gasteiger partial charge in [0.2, 0.25) is 17.8 Å². The number of nitrogen functional groups attached to an aromatic ring is 2. The summed E-state index contributed by atoms with van der Waals surface area (Å²) in [6.45, 7) is 1.72. The fraction of sp³-hybridized carbons (Fsp3) is 0.480. The van der Waals surface area contributed by atoms with Gasteiger partial charge in [0.1, 0.15) is 48.7 Å². The van der Waals surface area contributed by atoms with Gasteiger partial charge >= 0.3 is 7.60 Å². The number of hydrogen-bond donors (Lipinski definition) is 10. The Hall–Kier alpha value is -5.06. The Morgan fingerprint density at radius 3 is 2.59 bits per heavy atom. The number of nitrogens with two attached hydrogens (primary N) is 2. The average Bonchev–Trinajstić information content (AvgIpc) is 3.55. The maximum Gasteiger partial charge on any atom is 0.344 e. The van der Waals surface area contributed by atoms with E-state index in [4.69, 9.17) is 16.2 Å². The van der Waals surface area contributed by atoms with E-state index in [0.29, 0.717) is 4.90 Å². The van der Waals surface area contributed by atoms with Crippen LogP contribution in [-0.4, -0.2) is 128 Å². The number of nitrogens with zero attached hydrogens (tertiary/aromatic N) is 7. The van der Waals surface area contributed by atoms with Crippen molar-refractivity contribution in [1.29, 1.82) is 0 Å². The number of aliphatic hydroxyl groups excluding tert-OH is 2. The van der Waals surface area contributed by atoms with E-state index < -0.39 is 80.2 Å². The van der Waals surface area contributed by atoms with Crippen LogP contribution in [0.1, 0.15) is 26.5 Å². The van der Waals surface area contributed by atoms with E-state index in [1.54, 1.807) is 13.8 Å². The molecule has 1 fully saturated rings. The quantitative estimate of drug-likeness (QED) is 0.0856. The number of H-pyrrole nitrogens is 1. The maximum absolute atomic E-state index is 13.0. The molecule has 4 atom stereocenters. The number of aromatic amines is 1. The summed E-state index contributed by atoms with van der Waals surface area (Å²) in [5.74, 6) is -2.49. The molecule has 0 radical (unpaired) electrons. The van der Waals surface area contributed by atoms with Crippen LogP contribution in [0.25, 0.3) is 11.2 Å². The number of fused-ring (bicyclic) bond motifs is 2. The van der Waals surface area contributed by atoms with E-state index in [1.807, 2.05) is 0 Å². The van der Waals surface area contributed by atoms with Crippen LogP contribution in [0.5, 0.6) is 0 Å². The average molecular weight is 708 g/mol. The molecule has 24 heteroatoms. The first-order valence-corrected chi connectivity index (χ1v) is 16.3. The fourth-order valence-corrected chi connectivity index (χ4v) is 5.91. The summed E-state index contributed by atoms with van der Waals surface area (Å²) in [6.07, 6.45) is -4.34. The molecule has 49 heavy (non-hydrogen) atoms. The molecule has 5 rings (SSSR count). The van der Waals surface area contributed by atoms with Gasteiger partial charge in [-0.1, -0.05) is 0 Å². The van der Waals surface area contributed by atoms with E-state index in [1.165, 1.54) is 17.2 Å². The smallest absolute Gasteiger partial charge is 0.344 e. The minimum atomic E-state index is -4.84. The standard InChI is InChI=1S/C25H34N13O10P/c1-25(2)17(33-14-19(36-25)34-24(27)35-21(14)43)22(44)28-4-3-12(40)37(9-49(45,46)47)6-11(39)29-5-10-15(41)16(42)23(48-10)38-8-32-13-18(26)30-7-31-20(13)38/h7-8,10,15-16,23,41-42H,3-6,9H2,1-2H3,(H,28,44)(H,29,39)(H2,26,30,31)(H2,45,46,47)(H4,27,34,35,36,43)/t10-,15?,16?,23-/m1/s1. The van der Waals surface area contributed by atoms with E-state index in [2.05, 4.69) is 45.9 Å². The molecule has 0 spiro atoms. The summed E-state index contributed by atoms with van der Waals surface area (Å²) in [5, 5.41) is 29.0. The van der Waals surface area contributed by atoms with Crippen molar-refractivity contribution in [1.82, 2.24) is 45.0 Å². The minimum absolute atomic E-state index is 0.0711. The number of ether oxygens (including phenoxy) is 1. The Morgan fingerprint density at radius 2 is 1.88 bits per heavy atom. The maximum atomic E-state index is 13.0. The number of aliphatic hydroxyl groups is 2. The molecule has 1 saturated heterocycles. The largest absolute Gasteiger partial charge is 0.387 e. The Morgan fingerprint density at radius 1 is 1.14 bits per heavy atom. The van der Waals surface area contributed by atoms with E-state index >= 15 is 0 Å². The molecule has 2 aliphatic heterocycles. The molecule has 2 aliphatic rings. The summed E-state index contributed by atoms with van der Waals surface area (Å²) in [5.41, 5.74) is 9.75. The molecule has 3 aromatic rings. The van der Waals surface area contributed by atoms with Gasteiger partial charge in [0.25, 0.3) is 11.5 Å². The molecular weight excluding hydrogens is 673 g/mol.